The number of carbonyl (C=O) groups excluding carboxylic acids is 1. The summed E-state index contributed by atoms with van der Waals surface area (Å²) in [6.07, 6.45) is 1.80. The summed E-state index contributed by atoms with van der Waals surface area (Å²) in [5, 5.41) is 14.5. The molecule has 0 saturated carbocycles. The Kier molecular flexibility index (Phi) is 7.75. The lowest BCUT2D eigenvalue weighted by atomic mass is 9.96. The minimum absolute atomic E-state index is 0. The summed E-state index contributed by atoms with van der Waals surface area (Å²) in [5.74, 6) is 0.199. The van der Waals surface area contributed by atoms with Gasteiger partial charge in [0.1, 0.15) is 5.56 Å². The average Bonchev–Trinajstić information content (AvgIpc) is 2.52. The number of halogens is 2. The molecule has 1 N–H and O–H groups in total. The fourth-order valence-corrected chi connectivity index (χ4v) is 2.97. The summed E-state index contributed by atoms with van der Waals surface area (Å²) in [5.41, 5.74) is -0.230. The number of nitro groups is 1. The third-order valence-electron chi connectivity index (χ3n) is 3.99. The molecule has 1 heterocycles. The molecule has 128 valence electrons. The van der Waals surface area contributed by atoms with Gasteiger partial charge in [0.2, 0.25) is 0 Å². The molecule has 0 radical (unpaired) electrons. The SMILES string of the molecule is CCNCC1CCN(C(=O)c2c(Cl)cccc2[N+](=O)[O-])CC1.Cl. The average molecular weight is 362 g/mol. The van der Waals surface area contributed by atoms with Gasteiger partial charge in [-0.15, -0.1) is 12.4 Å². The maximum absolute atomic E-state index is 12.6. The maximum Gasteiger partial charge on any atom is 0.283 e. The molecular weight excluding hydrogens is 341 g/mol. The molecule has 1 fully saturated rings. The molecular formula is C15H21Cl2N3O3. The first-order valence-corrected chi connectivity index (χ1v) is 7.85. The summed E-state index contributed by atoms with van der Waals surface area (Å²) < 4.78 is 0. The number of likely N-dealkylation sites (tertiary alicyclic amines) is 1. The van der Waals surface area contributed by atoms with Crippen LogP contribution >= 0.6 is 24.0 Å². The third kappa shape index (κ3) is 4.80. The Labute approximate surface area is 146 Å². The van der Waals surface area contributed by atoms with E-state index in [2.05, 4.69) is 12.2 Å². The number of piperidine rings is 1. The van der Waals surface area contributed by atoms with Crippen LogP contribution in [0.2, 0.25) is 5.02 Å². The first-order chi connectivity index (χ1) is 10.5. The Morgan fingerprint density at radius 1 is 1.43 bits per heavy atom. The van der Waals surface area contributed by atoms with E-state index in [4.69, 9.17) is 11.6 Å². The number of nitro benzene ring substituents is 1. The fraction of sp³-hybridized carbons (Fsp3) is 0.533. The molecule has 23 heavy (non-hydrogen) atoms. The molecule has 0 aliphatic carbocycles. The maximum atomic E-state index is 12.6. The van der Waals surface area contributed by atoms with Gasteiger partial charge in [-0.3, -0.25) is 14.9 Å². The van der Waals surface area contributed by atoms with Crippen molar-refractivity contribution in [3.8, 4) is 0 Å². The van der Waals surface area contributed by atoms with Crippen LogP contribution in [-0.4, -0.2) is 41.9 Å². The standard InChI is InChI=1S/C15H20ClN3O3.ClH/c1-2-17-10-11-6-8-18(9-7-11)15(20)14-12(16)4-3-5-13(14)19(21)22;/h3-5,11,17H,2,6-10H2,1H3;1H. The van der Waals surface area contributed by atoms with Gasteiger partial charge in [0.05, 0.1) is 9.95 Å². The molecule has 1 saturated heterocycles. The minimum Gasteiger partial charge on any atom is -0.338 e. The minimum atomic E-state index is -0.558. The molecule has 2 rings (SSSR count). The number of rotatable bonds is 5. The molecule has 0 unspecified atom stereocenters. The largest absolute Gasteiger partial charge is 0.338 e. The number of nitrogens with zero attached hydrogens (tertiary/aromatic N) is 2. The van der Waals surface area contributed by atoms with E-state index in [0.717, 1.165) is 25.9 Å². The molecule has 1 aliphatic rings. The van der Waals surface area contributed by atoms with Crippen LogP contribution in [0.15, 0.2) is 18.2 Å². The van der Waals surface area contributed by atoms with Crippen LogP contribution in [-0.2, 0) is 0 Å². The van der Waals surface area contributed by atoms with E-state index in [1.165, 1.54) is 18.2 Å². The summed E-state index contributed by atoms with van der Waals surface area (Å²) in [6.45, 7) is 5.17. The third-order valence-corrected chi connectivity index (χ3v) is 4.30. The Bertz CT molecular complexity index is 561. The van der Waals surface area contributed by atoms with Crippen molar-refractivity contribution < 1.29 is 9.72 Å². The van der Waals surface area contributed by atoms with Gasteiger partial charge in [0.15, 0.2) is 0 Å². The van der Waals surface area contributed by atoms with Gasteiger partial charge >= 0.3 is 0 Å². The van der Waals surface area contributed by atoms with Crippen molar-refractivity contribution in [2.75, 3.05) is 26.2 Å². The van der Waals surface area contributed by atoms with E-state index < -0.39 is 4.92 Å². The van der Waals surface area contributed by atoms with Gasteiger partial charge in [-0.25, -0.2) is 0 Å². The topological polar surface area (TPSA) is 75.5 Å². The molecule has 8 heteroatoms. The van der Waals surface area contributed by atoms with E-state index in [1.54, 1.807) is 4.90 Å². The van der Waals surface area contributed by atoms with Gasteiger partial charge in [-0.2, -0.15) is 0 Å². The van der Waals surface area contributed by atoms with Gasteiger partial charge in [0, 0.05) is 19.2 Å². The molecule has 6 nitrogen and oxygen atoms in total. The highest BCUT2D eigenvalue weighted by Crippen LogP contribution is 2.29. The van der Waals surface area contributed by atoms with Crippen LogP contribution in [0.4, 0.5) is 5.69 Å². The van der Waals surface area contributed by atoms with E-state index in [0.29, 0.717) is 19.0 Å². The molecule has 1 aliphatic heterocycles. The lowest BCUT2D eigenvalue weighted by Crippen LogP contribution is -2.41. The molecule has 0 aromatic heterocycles. The quantitative estimate of drug-likeness (QED) is 0.645. The van der Waals surface area contributed by atoms with Gasteiger partial charge in [-0.05, 0) is 37.9 Å². The van der Waals surface area contributed by atoms with Crippen molar-refractivity contribution in [3.63, 3.8) is 0 Å². The number of hydrogen-bond acceptors (Lipinski definition) is 4. The smallest absolute Gasteiger partial charge is 0.283 e. The first-order valence-electron chi connectivity index (χ1n) is 7.47. The Morgan fingerprint density at radius 2 is 2.09 bits per heavy atom. The zero-order chi connectivity index (χ0) is 16.1. The lowest BCUT2D eigenvalue weighted by molar-refractivity contribution is -0.385. The van der Waals surface area contributed by atoms with E-state index in [1.807, 2.05) is 0 Å². The summed E-state index contributed by atoms with van der Waals surface area (Å²) in [7, 11) is 0. The number of hydrogen-bond donors (Lipinski definition) is 1. The zero-order valence-electron chi connectivity index (χ0n) is 13.0. The predicted octanol–water partition coefficient (Wildman–Crippen LogP) is 3.13. The normalized spacial score (nSPS) is 15.1. The first kappa shape index (κ1) is 19.7. The van der Waals surface area contributed by atoms with Crippen molar-refractivity contribution in [1.82, 2.24) is 10.2 Å². The Hall–Kier alpha value is -1.37. The number of amides is 1. The lowest BCUT2D eigenvalue weighted by Gasteiger charge is -2.32. The van der Waals surface area contributed by atoms with Crippen LogP contribution in [0.25, 0.3) is 0 Å². The van der Waals surface area contributed by atoms with Crippen molar-refractivity contribution >= 4 is 35.6 Å². The van der Waals surface area contributed by atoms with Crippen LogP contribution in [0.3, 0.4) is 0 Å². The van der Waals surface area contributed by atoms with Crippen LogP contribution in [0.1, 0.15) is 30.1 Å². The number of nitrogens with one attached hydrogen (secondary N) is 1. The van der Waals surface area contributed by atoms with E-state index in [9.17, 15) is 14.9 Å². The Balaban J connectivity index is 0.00000264. The molecule has 1 aromatic carbocycles. The molecule has 0 spiro atoms. The molecule has 1 aromatic rings. The highest BCUT2D eigenvalue weighted by molar-refractivity contribution is 6.34. The monoisotopic (exact) mass is 361 g/mol. The number of benzene rings is 1. The van der Waals surface area contributed by atoms with Gasteiger partial charge in [0.25, 0.3) is 11.6 Å². The second-order valence-electron chi connectivity index (χ2n) is 5.43. The van der Waals surface area contributed by atoms with Crippen molar-refractivity contribution in [3.05, 3.63) is 38.9 Å². The second-order valence-corrected chi connectivity index (χ2v) is 5.84. The predicted molar refractivity (Wildman–Crippen MR) is 92.5 cm³/mol. The summed E-state index contributed by atoms with van der Waals surface area (Å²) in [6, 6.07) is 4.32. The number of carbonyl (C=O) groups is 1. The second kappa shape index (κ2) is 9.05. The van der Waals surface area contributed by atoms with E-state index >= 15 is 0 Å². The van der Waals surface area contributed by atoms with Crippen LogP contribution < -0.4 is 5.32 Å². The fourth-order valence-electron chi connectivity index (χ4n) is 2.72. The van der Waals surface area contributed by atoms with Crippen LogP contribution in [0.5, 0.6) is 0 Å². The van der Waals surface area contributed by atoms with Crippen molar-refractivity contribution in [2.24, 2.45) is 5.92 Å². The zero-order valence-corrected chi connectivity index (χ0v) is 14.5. The Morgan fingerprint density at radius 3 is 2.65 bits per heavy atom. The molecule has 0 bridgehead atoms. The van der Waals surface area contributed by atoms with Crippen LogP contribution in [0, 0.1) is 16.0 Å². The van der Waals surface area contributed by atoms with Crippen molar-refractivity contribution in [1.29, 1.82) is 0 Å². The summed E-state index contributed by atoms with van der Waals surface area (Å²) >= 11 is 6.02. The summed E-state index contributed by atoms with van der Waals surface area (Å²) in [4.78, 5) is 24.8. The van der Waals surface area contributed by atoms with Gasteiger partial charge in [-0.1, -0.05) is 24.6 Å². The highest BCUT2D eigenvalue weighted by Gasteiger charge is 2.30. The van der Waals surface area contributed by atoms with Crippen molar-refractivity contribution in [2.45, 2.75) is 19.8 Å². The molecule has 0 atom stereocenters. The van der Waals surface area contributed by atoms with Gasteiger partial charge < -0.3 is 10.2 Å². The van der Waals surface area contributed by atoms with E-state index in [-0.39, 0.29) is 34.6 Å². The molecule has 1 amide bonds. The highest BCUT2D eigenvalue weighted by atomic mass is 35.5.